The molecule has 1 atom stereocenters. The SMILES string of the molecule is O=C(OC[C@H]1CC1(Cl)Cl)c1sc2ccccc2c1Cl. The second-order valence-electron chi connectivity index (χ2n) is 4.50. The second-order valence-corrected chi connectivity index (χ2v) is 7.47. The Morgan fingerprint density at radius 2 is 2.11 bits per heavy atom. The topological polar surface area (TPSA) is 26.3 Å². The fraction of sp³-hybridized carbons (Fsp3) is 0.308. The first-order chi connectivity index (χ1) is 8.99. The van der Waals surface area contributed by atoms with Crippen LogP contribution in [0, 0.1) is 5.92 Å². The van der Waals surface area contributed by atoms with Crippen molar-refractivity contribution in [1.82, 2.24) is 0 Å². The van der Waals surface area contributed by atoms with Crippen LogP contribution in [0.5, 0.6) is 0 Å². The van der Waals surface area contributed by atoms with Gasteiger partial charge in [0.1, 0.15) is 9.21 Å². The number of carbonyl (C=O) groups is 1. The lowest BCUT2D eigenvalue weighted by Gasteiger charge is -2.03. The van der Waals surface area contributed by atoms with Gasteiger partial charge in [0, 0.05) is 16.0 Å². The molecule has 6 heteroatoms. The minimum atomic E-state index is -0.732. The van der Waals surface area contributed by atoms with Gasteiger partial charge in [-0.3, -0.25) is 0 Å². The first-order valence-electron chi connectivity index (χ1n) is 5.71. The van der Waals surface area contributed by atoms with E-state index in [4.69, 9.17) is 39.5 Å². The van der Waals surface area contributed by atoms with E-state index in [-0.39, 0.29) is 12.5 Å². The third-order valence-electron chi connectivity index (χ3n) is 3.09. The summed E-state index contributed by atoms with van der Waals surface area (Å²) >= 11 is 19.3. The van der Waals surface area contributed by atoms with Gasteiger partial charge in [-0.15, -0.1) is 34.5 Å². The van der Waals surface area contributed by atoms with E-state index in [2.05, 4.69) is 0 Å². The number of fused-ring (bicyclic) bond motifs is 1. The number of carbonyl (C=O) groups excluding carboxylic acids is 1. The normalized spacial score (nSPS) is 20.5. The van der Waals surface area contributed by atoms with Gasteiger partial charge in [-0.25, -0.2) is 4.79 Å². The molecule has 0 unspecified atom stereocenters. The number of esters is 1. The molecule has 1 heterocycles. The molecule has 0 radical (unpaired) electrons. The molecule has 3 rings (SSSR count). The summed E-state index contributed by atoms with van der Waals surface area (Å²) in [6, 6.07) is 7.60. The molecule has 2 nitrogen and oxygen atoms in total. The summed E-state index contributed by atoms with van der Waals surface area (Å²) in [5.41, 5.74) is 0. The quantitative estimate of drug-likeness (QED) is 0.589. The Bertz CT molecular complexity index is 650. The Kier molecular flexibility index (Phi) is 3.42. The molecule has 1 saturated carbocycles. The maximum absolute atomic E-state index is 12.0. The summed E-state index contributed by atoms with van der Waals surface area (Å²) in [6.07, 6.45) is 0.656. The first kappa shape index (κ1) is 13.5. The van der Waals surface area contributed by atoms with E-state index < -0.39 is 10.3 Å². The highest BCUT2D eigenvalue weighted by molar-refractivity contribution is 7.21. The number of hydrogen-bond donors (Lipinski definition) is 0. The number of halogens is 3. The molecule has 0 saturated heterocycles. The highest BCUT2D eigenvalue weighted by Gasteiger charge is 2.52. The van der Waals surface area contributed by atoms with Gasteiger partial charge in [0.05, 0.1) is 11.6 Å². The van der Waals surface area contributed by atoms with Crippen molar-refractivity contribution in [3.8, 4) is 0 Å². The van der Waals surface area contributed by atoms with Crippen LogP contribution < -0.4 is 0 Å². The Labute approximate surface area is 129 Å². The second kappa shape index (κ2) is 4.81. The molecule has 2 aromatic rings. The number of hydrogen-bond acceptors (Lipinski definition) is 3. The van der Waals surface area contributed by atoms with Gasteiger partial charge >= 0.3 is 5.97 Å². The predicted octanol–water partition coefficient (Wildman–Crippen LogP) is 4.91. The van der Waals surface area contributed by atoms with Crippen molar-refractivity contribution >= 4 is 62.2 Å². The maximum atomic E-state index is 12.0. The molecule has 1 fully saturated rings. The Morgan fingerprint density at radius 1 is 1.42 bits per heavy atom. The van der Waals surface area contributed by atoms with Gasteiger partial charge in [-0.2, -0.15) is 0 Å². The van der Waals surface area contributed by atoms with Gasteiger partial charge in [0.15, 0.2) is 0 Å². The van der Waals surface area contributed by atoms with Crippen LogP contribution >= 0.6 is 46.1 Å². The van der Waals surface area contributed by atoms with Crippen LogP contribution in [-0.4, -0.2) is 16.9 Å². The van der Waals surface area contributed by atoms with E-state index in [0.717, 1.165) is 10.1 Å². The third-order valence-corrected chi connectivity index (χ3v) is 5.67. The predicted molar refractivity (Wildman–Crippen MR) is 79.7 cm³/mol. The van der Waals surface area contributed by atoms with Crippen molar-refractivity contribution in [2.45, 2.75) is 10.8 Å². The Balaban J connectivity index is 1.76. The van der Waals surface area contributed by atoms with E-state index in [9.17, 15) is 4.79 Å². The molecule has 1 aromatic heterocycles. The summed E-state index contributed by atoms with van der Waals surface area (Å²) in [6.45, 7) is 0.233. The van der Waals surface area contributed by atoms with Crippen LogP contribution in [0.25, 0.3) is 10.1 Å². The zero-order valence-electron chi connectivity index (χ0n) is 9.66. The highest BCUT2D eigenvalue weighted by Crippen LogP contribution is 2.53. The van der Waals surface area contributed by atoms with Crippen LogP contribution in [-0.2, 0) is 4.74 Å². The number of thiophene rings is 1. The number of alkyl halides is 2. The van der Waals surface area contributed by atoms with Gasteiger partial charge < -0.3 is 4.74 Å². The summed E-state index contributed by atoms with van der Waals surface area (Å²) in [7, 11) is 0. The summed E-state index contributed by atoms with van der Waals surface area (Å²) in [5.74, 6) is -0.393. The van der Waals surface area contributed by atoms with Crippen LogP contribution in [0.1, 0.15) is 16.1 Å². The minimum absolute atomic E-state index is 0.0212. The van der Waals surface area contributed by atoms with Crippen molar-refractivity contribution in [2.75, 3.05) is 6.61 Å². The van der Waals surface area contributed by atoms with Gasteiger partial charge in [0.2, 0.25) is 0 Å². The summed E-state index contributed by atoms with van der Waals surface area (Å²) < 4.78 is 5.45. The van der Waals surface area contributed by atoms with Crippen LogP contribution in [0.15, 0.2) is 24.3 Å². The van der Waals surface area contributed by atoms with Crippen molar-refractivity contribution < 1.29 is 9.53 Å². The van der Waals surface area contributed by atoms with E-state index in [0.29, 0.717) is 16.3 Å². The third kappa shape index (κ3) is 2.57. The lowest BCUT2D eigenvalue weighted by molar-refractivity contribution is 0.0491. The van der Waals surface area contributed by atoms with Crippen molar-refractivity contribution in [3.05, 3.63) is 34.2 Å². The van der Waals surface area contributed by atoms with E-state index >= 15 is 0 Å². The minimum Gasteiger partial charge on any atom is -0.461 e. The van der Waals surface area contributed by atoms with Crippen molar-refractivity contribution in [2.24, 2.45) is 5.92 Å². The number of benzene rings is 1. The van der Waals surface area contributed by atoms with Crippen LogP contribution in [0.4, 0.5) is 0 Å². The molecule has 0 spiro atoms. The van der Waals surface area contributed by atoms with E-state index in [1.807, 2.05) is 24.3 Å². The smallest absolute Gasteiger partial charge is 0.349 e. The largest absolute Gasteiger partial charge is 0.461 e. The molecule has 0 aliphatic heterocycles. The lowest BCUT2D eigenvalue weighted by Crippen LogP contribution is -2.08. The zero-order valence-corrected chi connectivity index (χ0v) is 12.7. The molecule has 100 valence electrons. The van der Waals surface area contributed by atoms with Crippen LogP contribution in [0.3, 0.4) is 0 Å². The average Bonchev–Trinajstić information content (AvgIpc) is 2.85. The first-order valence-corrected chi connectivity index (χ1v) is 7.66. The molecule has 1 aliphatic carbocycles. The highest BCUT2D eigenvalue weighted by atomic mass is 35.5. The molecule has 0 amide bonds. The Morgan fingerprint density at radius 3 is 2.74 bits per heavy atom. The lowest BCUT2D eigenvalue weighted by atomic mass is 10.2. The molecule has 0 N–H and O–H groups in total. The number of ether oxygens (including phenoxy) is 1. The molecule has 19 heavy (non-hydrogen) atoms. The van der Waals surface area contributed by atoms with Crippen molar-refractivity contribution in [3.63, 3.8) is 0 Å². The fourth-order valence-electron chi connectivity index (χ4n) is 1.84. The average molecular weight is 336 g/mol. The molecule has 0 bridgehead atoms. The van der Waals surface area contributed by atoms with Crippen LogP contribution in [0.2, 0.25) is 5.02 Å². The van der Waals surface area contributed by atoms with E-state index in [1.54, 1.807) is 0 Å². The van der Waals surface area contributed by atoms with Gasteiger partial charge in [-0.05, 0) is 12.5 Å². The number of rotatable bonds is 3. The van der Waals surface area contributed by atoms with Crippen molar-refractivity contribution in [1.29, 1.82) is 0 Å². The fourth-order valence-corrected chi connectivity index (χ4v) is 3.74. The summed E-state index contributed by atoms with van der Waals surface area (Å²) in [5, 5.41) is 1.32. The Hall–Kier alpha value is -0.480. The van der Waals surface area contributed by atoms with E-state index in [1.165, 1.54) is 11.3 Å². The molecular formula is C13H9Cl3O2S. The van der Waals surface area contributed by atoms with Gasteiger partial charge in [-0.1, -0.05) is 29.8 Å². The molecule has 1 aliphatic rings. The molecule has 1 aromatic carbocycles. The molecular weight excluding hydrogens is 327 g/mol. The zero-order chi connectivity index (χ0) is 13.6. The monoisotopic (exact) mass is 334 g/mol. The summed E-state index contributed by atoms with van der Waals surface area (Å²) in [4.78, 5) is 12.4. The maximum Gasteiger partial charge on any atom is 0.349 e. The van der Waals surface area contributed by atoms with Gasteiger partial charge in [0.25, 0.3) is 0 Å². The standard InChI is InChI=1S/C13H9Cl3O2S/c14-10-8-3-1-2-4-9(8)19-11(10)12(17)18-6-7-5-13(7,15)16/h1-4,7H,5-6H2/t7-/m1/s1.